The molecular formula is C25H26FN5O3. The number of nitriles is 1. The number of rotatable bonds is 7. The zero-order valence-corrected chi connectivity index (χ0v) is 19.7. The van der Waals surface area contributed by atoms with Gasteiger partial charge in [-0.1, -0.05) is 13.8 Å². The van der Waals surface area contributed by atoms with Crippen LogP contribution in [0, 0.1) is 22.6 Å². The molecule has 0 amide bonds. The zero-order valence-electron chi connectivity index (χ0n) is 19.7. The molecule has 9 heteroatoms. The minimum Gasteiger partial charge on any atom is -0.494 e. The number of ether oxygens (including phenoxy) is 1. The van der Waals surface area contributed by atoms with Gasteiger partial charge in [0, 0.05) is 40.2 Å². The number of aromatic amines is 1. The first-order valence-electron chi connectivity index (χ1n) is 10.8. The highest BCUT2D eigenvalue weighted by molar-refractivity contribution is 5.94. The van der Waals surface area contributed by atoms with Crippen molar-refractivity contribution in [2.24, 2.45) is 5.41 Å². The van der Waals surface area contributed by atoms with Crippen molar-refractivity contribution in [2.75, 3.05) is 7.11 Å². The van der Waals surface area contributed by atoms with Gasteiger partial charge >= 0.3 is 5.97 Å². The smallest absolute Gasteiger partial charge is 0.309 e. The van der Waals surface area contributed by atoms with Crippen LogP contribution in [0.1, 0.15) is 45.4 Å². The summed E-state index contributed by atoms with van der Waals surface area (Å²) in [6.07, 6.45) is 2.02. The number of hydrogen-bond acceptors (Lipinski definition) is 5. The fourth-order valence-electron chi connectivity index (χ4n) is 4.36. The Kier molecular flexibility index (Phi) is 5.56. The summed E-state index contributed by atoms with van der Waals surface area (Å²) in [6.45, 7) is 7.20. The van der Waals surface area contributed by atoms with E-state index < -0.39 is 22.6 Å². The number of H-pyrrole nitrogens is 1. The van der Waals surface area contributed by atoms with Crippen molar-refractivity contribution < 1.29 is 19.0 Å². The second-order valence-electron chi connectivity index (χ2n) is 9.73. The van der Waals surface area contributed by atoms with E-state index in [1.807, 2.05) is 24.5 Å². The summed E-state index contributed by atoms with van der Waals surface area (Å²) < 4.78 is 21.4. The quantitative estimate of drug-likeness (QED) is 0.403. The third-order valence-corrected chi connectivity index (χ3v) is 6.19. The summed E-state index contributed by atoms with van der Waals surface area (Å²) in [5.41, 5.74) is 2.21. The lowest BCUT2D eigenvalue weighted by Crippen LogP contribution is -2.29. The van der Waals surface area contributed by atoms with Gasteiger partial charge in [-0.2, -0.15) is 10.4 Å². The lowest BCUT2D eigenvalue weighted by Gasteiger charge is -2.28. The van der Waals surface area contributed by atoms with Crippen LogP contribution in [0.4, 0.5) is 4.39 Å². The van der Waals surface area contributed by atoms with E-state index in [1.165, 1.54) is 13.2 Å². The Labute approximate surface area is 196 Å². The molecule has 0 radical (unpaired) electrons. The molecule has 4 aromatic rings. The maximum Gasteiger partial charge on any atom is 0.309 e. The Hall–Kier alpha value is -3.93. The summed E-state index contributed by atoms with van der Waals surface area (Å²) >= 11 is 0. The summed E-state index contributed by atoms with van der Waals surface area (Å²) in [5, 5.41) is 27.2. The van der Waals surface area contributed by atoms with Crippen LogP contribution in [0.2, 0.25) is 0 Å². The van der Waals surface area contributed by atoms with Gasteiger partial charge in [0.1, 0.15) is 0 Å². The Balaban J connectivity index is 2.18. The number of aromatic nitrogens is 4. The van der Waals surface area contributed by atoms with Gasteiger partial charge in [0.25, 0.3) is 0 Å². The van der Waals surface area contributed by atoms with Gasteiger partial charge in [-0.05, 0) is 38.5 Å². The van der Waals surface area contributed by atoms with Gasteiger partial charge in [-0.15, -0.1) is 0 Å². The van der Waals surface area contributed by atoms with Gasteiger partial charge in [0.15, 0.2) is 17.2 Å². The van der Waals surface area contributed by atoms with E-state index in [2.05, 4.69) is 16.3 Å². The molecular weight excluding hydrogens is 437 g/mol. The average Bonchev–Trinajstić information content (AvgIpc) is 3.34. The number of methoxy groups -OCH3 is 1. The number of aliphatic carboxylic acids is 1. The van der Waals surface area contributed by atoms with Gasteiger partial charge in [-0.25, -0.2) is 9.37 Å². The van der Waals surface area contributed by atoms with Crippen molar-refractivity contribution in [3.05, 3.63) is 47.5 Å². The molecule has 0 aliphatic heterocycles. The molecule has 0 saturated carbocycles. The number of halogens is 1. The summed E-state index contributed by atoms with van der Waals surface area (Å²) in [5.74, 6) is -1.36. The molecule has 4 rings (SSSR count). The molecule has 1 aromatic carbocycles. The SMILES string of the molecule is COc1cc(-n2c(C(C)(C)CC#N)c(CC(C)(C)C(=O)O)c3nc4[nH]ncc4cc32)ccc1F. The van der Waals surface area contributed by atoms with Crippen LogP contribution in [0.5, 0.6) is 5.75 Å². The average molecular weight is 464 g/mol. The normalized spacial score (nSPS) is 12.3. The van der Waals surface area contributed by atoms with Gasteiger partial charge < -0.3 is 14.4 Å². The number of carboxylic acids is 1. The predicted molar refractivity (Wildman–Crippen MR) is 126 cm³/mol. The molecule has 2 N–H and O–H groups in total. The molecule has 0 aliphatic carbocycles. The number of carbonyl (C=O) groups is 1. The van der Waals surface area contributed by atoms with Crippen LogP contribution in [0.25, 0.3) is 27.8 Å². The standard InChI is InChI=1S/C25H26FN5O3/c1-24(2,8-9-27)21-16(12-25(3,4)23(32)33)20-18(10-14-13-28-30-22(14)29-20)31(21)15-6-7-17(26)19(11-15)34-5/h6-7,10-11,13H,8,12H2,1-5H3,(H,32,33)(H,28,29,30). The van der Waals surface area contributed by atoms with Crippen molar-refractivity contribution in [1.29, 1.82) is 5.26 Å². The van der Waals surface area contributed by atoms with Gasteiger partial charge in [0.2, 0.25) is 0 Å². The maximum absolute atomic E-state index is 14.3. The minimum absolute atomic E-state index is 0.0770. The number of fused-ring (bicyclic) bond motifs is 2. The van der Waals surface area contributed by atoms with E-state index in [1.54, 1.807) is 32.2 Å². The van der Waals surface area contributed by atoms with Gasteiger partial charge in [-0.3, -0.25) is 9.89 Å². The fourth-order valence-corrected chi connectivity index (χ4v) is 4.36. The Bertz CT molecular complexity index is 1460. The molecule has 34 heavy (non-hydrogen) atoms. The molecule has 3 heterocycles. The molecule has 176 valence electrons. The fraction of sp³-hybridized carbons (Fsp3) is 0.360. The van der Waals surface area contributed by atoms with Crippen molar-refractivity contribution in [1.82, 2.24) is 19.7 Å². The first kappa shape index (κ1) is 23.2. The minimum atomic E-state index is -1.10. The predicted octanol–water partition coefficient (Wildman–Crippen LogP) is 4.89. The van der Waals surface area contributed by atoms with E-state index >= 15 is 0 Å². The Morgan fingerprint density at radius 3 is 2.68 bits per heavy atom. The number of benzene rings is 1. The third kappa shape index (κ3) is 3.75. The summed E-state index contributed by atoms with van der Waals surface area (Å²) in [7, 11) is 1.40. The molecule has 8 nitrogen and oxygen atoms in total. The molecule has 0 aliphatic rings. The topological polar surface area (TPSA) is 117 Å². The number of nitrogens with zero attached hydrogens (tertiary/aromatic N) is 4. The monoisotopic (exact) mass is 463 g/mol. The Morgan fingerprint density at radius 2 is 2.03 bits per heavy atom. The molecule has 3 aromatic heterocycles. The van der Waals surface area contributed by atoms with Crippen LogP contribution in [0.3, 0.4) is 0 Å². The molecule has 0 bridgehead atoms. The van der Waals surface area contributed by atoms with Crippen molar-refractivity contribution in [3.63, 3.8) is 0 Å². The van der Waals surface area contributed by atoms with Crippen molar-refractivity contribution >= 4 is 28.0 Å². The number of hydrogen-bond donors (Lipinski definition) is 2. The van der Waals surface area contributed by atoms with E-state index in [4.69, 9.17) is 9.72 Å². The molecule has 0 unspecified atom stereocenters. The molecule has 0 fully saturated rings. The van der Waals surface area contributed by atoms with E-state index in [0.717, 1.165) is 16.6 Å². The molecule has 0 saturated heterocycles. The summed E-state index contributed by atoms with van der Waals surface area (Å²) in [4.78, 5) is 16.9. The number of carboxylic acid groups (broad SMARTS) is 1. The number of nitrogens with one attached hydrogen (secondary N) is 1. The van der Waals surface area contributed by atoms with E-state index in [-0.39, 0.29) is 18.6 Å². The highest BCUT2D eigenvalue weighted by Crippen LogP contribution is 2.42. The lowest BCUT2D eigenvalue weighted by molar-refractivity contribution is -0.146. The maximum atomic E-state index is 14.3. The van der Waals surface area contributed by atoms with E-state index in [0.29, 0.717) is 22.4 Å². The second-order valence-corrected chi connectivity index (χ2v) is 9.73. The van der Waals surface area contributed by atoms with Crippen LogP contribution in [-0.4, -0.2) is 37.9 Å². The van der Waals surface area contributed by atoms with Crippen LogP contribution < -0.4 is 4.74 Å². The molecule has 0 spiro atoms. The van der Waals surface area contributed by atoms with Gasteiger partial charge in [0.05, 0.1) is 35.8 Å². The second kappa shape index (κ2) is 8.13. The first-order valence-corrected chi connectivity index (χ1v) is 10.8. The molecule has 0 atom stereocenters. The van der Waals surface area contributed by atoms with Crippen molar-refractivity contribution in [2.45, 2.75) is 46.0 Å². The lowest BCUT2D eigenvalue weighted by atomic mass is 9.78. The van der Waals surface area contributed by atoms with Crippen LogP contribution in [0.15, 0.2) is 30.5 Å². The first-order chi connectivity index (χ1) is 16.0. The zero-order chi connectivity index (χ0) is 24.8. The summed E-state index contributed by atoms with van der Waals surface area (Å²) in [6, 6.07) is 8.72. The highest BCUT2D eigenvalue weighted by Gasteiger charge is 2.37. The van der Waals surface area contributed by atoms with Crippen molar-refractivity contribution in [3.8, 4) is 17.5 Å². The van der Waals surface area contributed by atoms with Crippen LogP contribution in [-0.2, 0) is 16.6 Å². The third-order valence-electron chi connectivity index (χ3n) is 6.19. The van der Waals surface area contributed by atoms with E-state index in [9.17, 15) is 19.6 Å². The Morgan fingerprint density at radius 1 is 1.29 bits per heavy atom. The van der Waals surface area contributed by atoms with Crippen LogP contribution >= 0.6 is 0 Å². The largest absolute Gasteiger partial charge is 0.494 e. The highest BCUT2D eigenvalue weighted by atomic mass is 19.1. The number of pyridine rings is 1.